The lowest BCUT2D eigenvalue weighted by atomic mass is 9.89. The molecule has 1 aliphatic rings. The first-order valence-corrected chi connectivity index (χ1v) is 7.83. The number of anilines is 2. The summed E-state index contributed by atoms with van der Waals surface area (Å²) in [6, 6.07) is 3.00. The maximum atomic E-state index is 11.0. The predicted octanol–water partition coefficient (Wildman–Crippen LogP) is 3.80. The first-order chi connectivity index (χ1) is 10.2. The van der Waals surface area contributed by atoms with Crippen molar-refractivity contribution in [3.05, 3.63) is 22.2 Å². The summed E-state index contributed by atoms with van der Waals surface area (Å²) < 4.78 is 0. The van der Waals surface area contributed by atoms with Crippen molar-refractivity contribution in [1.29, 1.82) is 0 Å². The third-order valence-corrected chi connectivity index (χ3v) is 3.87. The van der Waals surface area contributed by atoms with Gasteiger partial charge in [0.2, 0.25) is 0 Å². The van der Waals surface area contributed by atoms with Crippen molar-refractivity contribution < 1.29 is 4.92 Å². The quantitative estimate of drug-likeness (QED) is 0.590. The molecular weight excluding hydrogens is 268 g/mol. The number of hydrogen-bond acceptors (Lipinski definition) is 5. The summed E-state index contributed by atoms with van der Waals surface area (Å²) in [6.45, 7) is 3.66. The Labute approximate surface area is 125 Å². The van der Waals surface area contributed by atoms with Crippen molar-refractivity contribution in [1.82, 2.24) is 4.98 Å². The molecule has 0 saturated heterocycles. The molecule has 0 radical (unpaired) electrons. The SMILES string of the molecule is CCCNc1cc([N+](=O)[O-])cc(NCC2CCCCC2)n1. The number of pyridine rings is 1. The number of hydrogen-bond donors (Lipinski definition) is 2. The molecule has 1 saturated carbocycles. The highest BCUT2D eigenvalue weighted by atomic mass is 16.6. The van der Waals surface area contributed by atoms with Gasteiger partial charge in [-0.3, -0.25) is 10.1 Å². The highest BCUT2D eigenvalue weighted by molar-refractivity contribution is 5.54. The van der Waals surface area contributed by atoms with Gasteiger partial charge in [0.15, 0.2) is 0 Å². The zero-order valence-electron chi connectivity index (χ0n) is 12.6. The maximum absolute atomic E-state index is 11.0. The molecule has 0 spiro atoms. The molecule has 0 amide bonds. The molecular formula is C15H24N4O2. The average molecular weight is 292 g/mol. The lowest BCUT2D eigenvalue weighted by molar-refractivity contribution is -0.384. The van der Waals surface area contributed by atoms with Crippen LogP contribution in [0.15, 0.2) is 12.1 Å². The molecule has 21 heavy (non-hydrogen) atoms. The van der Waals surface area contributed by atoms with E-state index in [0.29, 0.717) is 17.6 Å². The lowest BCUT2D eigenvalue weighted by Crippen LogP contribution is -2.18. The second-order valence-electron chi connectivity index (χ2n) is 5.66. The summed E-state index contributed by atoms with van der Waals surface area (Å²) in [6.07, 6.45) is 7.34. The zero-order chi connectivity index (χ0) is 15.1. The third kappa shape index (κ3) is 4.88. The van der Waals surface area contributed by atoms with Gasteiger partial charge in [0.1, 0.15) is 11.6 Å². The Balaban J connectivity index is 2.02. The van der Waals surface area contributed by atoms with Crippen LogP contribution in [0.1, 0.15) is 45.4 Å². The summed E-state index contributed by atoms with van der Waals surface area (Å²) in [4.78, 5) is 15.0. The predicted molar refractivity (Wildman–Crippen MR) is 84.7 cm³/mol. The Morgan fingerprint density at radius 2 is 1.90 bits per heavy atom. The minimum absolute atomic E-state index is 0.0785. The van der Waals surface area contributed by atoms with Crippen LogP contribution >= 0.6 is 0 Å². The van der Waals surface area contributed by atoms with Gasteiger partial charge in [0.05, 0.1) is 17.1 Å². The fourth-order valence-electron chi connectivity index (χ4n) is 2.70. The molecule has 2 N–H and O–H groups in total. The van der Waals surface area contributed by atoms with E-state index in [1.807, 2.05) is 6.92 Å². The molecule has 1 aliphatic carbocycles. The van der Waals surface area contributed by atoms with Gasteiger partial charge in [-0.1, -0.05) is 26.2 Å². The number of aromatic nitrogens is 1. The van der Waals surface area contributed by atoms with Gasteiger partial charge in [0, 0.05) is 13.1 Å². The minimum atomic E-state index is -0.370. The van der Waals surface area contributed by atoms with Crippen molar-refractivity contribution in [3.63, 3.8) is 0 Å². The molecule has 1 fully saturated rings. The van der Waals surface area contributed by atoms with Crippen molar-refractivity contribution in [2.75, 3.05) is 23.7 Å². The highest BCUT2D eigenvalue weighted by Crippen LogP contribution is 2.25. The van der Waals surface area contributed by atoms with E-state index in [-0.39, 0.29) is 10.6 Å². The zero-order valence-corrected chi connectivity index (χ0v) is 12.6. The van der Waals surface area contributed by atoms with E-state index in [9.17, 15) is 10.1 Å². The molecule has 2 rings (SSSR count). The van der Waals surface area contributed by atoms with Gasteiger partial charge in [-0.15, -0.1) is 0 Å². The van der Waals surface area contributed by atoms with E-state index in [1.165, 1.54) is 44.2 Å². The van der Waals surface area contributed by atoms with E-state index >= 15 is 0 Å². The summed E-state index contributed by atoms with van der Waals surface area (Å²) in [5.74, 6) is 1.82. The van der Waals surface area contributed by atoms with Gasteiger partial charge >= 0.3 is 0 Å². The van der Waals surface area contributed by atoms with Gasteiger partial charge in [-0.25, -0.2) is 4.98 Å². The monoisotopic (exact) mass is 292 g/mol. The van der Waals surface area contributed by atoms with E-state index < -0.39 is 0 Å². The van der Waals surface area contributed by atoms with Crippen LogP contribution in [0.5, 0.6) is 0 Å². The largest absolute Gasteiger partial charge is 0.370 e. The van der Waals surface area contributed by atoms with Gasteiger partial charge < -0.3 is 10.6 Å². The minimum Gasteiger partial charge on any atom is -0.370 e. The molecule has 0 aromatic carbocycles. The Morgan fingerprint density at radius 1 is 1.24 bits per heavy atom. The molecule has 1 aromatic heterocycles. The first-order valence-electron chi connectivity index (χ1n) is 7.83. The normalized spacial score (nSPS) is 15.7. The van der Waals surface area contributed by atoms with Crippen LogP contribution in [0.4, 0.5) is 17.3 Å². The van der Waals surface area contributed by atoms with E-state index in [4.69, 9.17) is 0 Å². The number of rotatable bonds is 7. The van der Waals surface area contributed by atoms with Crippen molar-refractivity contribution >= 4 is 17.3 Å². The van der Waals surface area contributed by atoms with Crippen molar-refractivity contribution in [2.24, 2.45) is 5.92 Å². The second kappa shape index (κ2) is 7.81. The summed E-state index contributed by atoms with van der Waals surface area (Å²) >= 11 is 0. The Bertz CT molecular complexity index is 473. The van der Waals surface area contributed by atoms with Crippen molar-refractivity contribution in [3.8, 4) is 0 Å². The number of nitrogens with zero attached hydrogens (tertiary/aromatic N) is 2. The highest BCUT2D eigenvalue weighted by Gasteiger charge is 2.15. The average Bonchev–Trinajstić information content (AvgIpc) is 2.51. The smallest absolute Gasteiger partial charge is 0.276 e. The van der Waals surface area contributed by atoms with Crippen LogP contribution in [0.25, 0.3) is 0 Å². The number of nitro groups is 1. The third-order valence-electron chi connectivity index (χ3n) is 3.87. The lowest BCUT2D eigenvalue weighted by Gasteiger charge is -2.22. The van der Waals surface area contributed by atoms with E-state index in [2.05, 4.69) is 15.6 Å². The molecule has 6 heteroatoms. The summed E-state index contributed by atoms with van der Waals surface area (Å²) in [5, 5.41) is 17.4. The fraction of sp³-hybridized carbons (Fsp3) is 0.667. The van der Waals surface area contributed by atoms with Crippen LogP contribution in [0.3, 0.4) is 0 Å². The van der Waals surface area contributed by atoms with Gasteiger partial charge in [-0.05, 0) is 25.2 Å². The molecule has 1 aromatic rings. The Kier molecular flexibility index (Phi) is 5.78. The van der Waals surface area contributed by atoms with Gasteiger partial charge in [-0.2, -0.15) is 0 Å². The maximum Gasteiger partial charge on any atom is 0.276 e. The molecule has 116 valence electrons. The Hall–Kier alpha value is -1.85. The van der Waals surface area contributed by atoms with Crippen LogP contribution in [-0.4, -0.2) is 23.0 Å². The summed E-state index contributed by atoms with van der Waals surface area (Å²) in [7, 11) is 0. The van der Waals surface area contributed by atoms with Gasteiger partial charge in [0.25, 0.3) is 5.69 Å². The standard InChI is InChI=1S/C15H24N4O2/c1-2-8-16-14-9-13(19(20)21)10-15(18-14)17-11-12-6-4-3-5-7-12/h9-10,12H,2-8,11H2,1H3,(H2,16,17,18). The summed E-state index contributed by atoms with van der Waals surface area (Å²) in [5.41, 5.74) is 0.0785. The Morgan fingerprint density at radius 3 is 2.52 bits per heavy atom. The number of nitrogens with one attached hydrogen (secondary N) is 2. The van der Waals surface area contributed by atoms with E-state index in [1.54, 1.807) is 0 Å². The van der Waals surface area contributed by atoms with Crippen LogP contribution < -0.4 is 10.6 Å². The second-order valence-corrected chi connectivity index (χ2v) is 5.66. The van der Waals surface area contributed by atoms with E-state index in [0.717, 1.165) is 19.5 Å². The van der Waals surface area contributed by atoms with Crippen LogP contribution in [0, 0.1) is 16.0 Å². The molecule has 1 heterocycles. The molecule has 0 unspecified atom stereocenters. The fourth-order valence-corrected chi connectivity index (χ4v) is 2.70. The molecule has 0 bridgehead atoms. The van der Waals surface area contributed by atoms with Crippen LogP contribution in [-0.2, 0) is 0 Å². The van der Waals surface area contributed by atoms with Crippen LogP contribution in [0.2, 0.25) is 0 Å². The molecule has 6 nitrogen and oxygen atoms in total. The molecule has 0 aliphatic heterocycles. The van der Waals surface area contributed by atoms with Crippen molar-refractivity contribution in [2.45, 2.75) is 45.4 Å². The topological polar surface area (TPSA) is 80.1 Å². The molecule has 0 atom stereocenters. The first kappa shape index (κ1) is 15.5.